The summed E-state index contributed by atoms with van der Waals surface area (Å²) in [5.41, 5.74) is 1.92. The SMILES string of the molecule is CCN(c1ccc(C(=O)NCCCN2CCCCCC2)cc1)C(C)C. The van der Waals surface area contributed by atoms with E-state index in [1.54, 1.807) is 0 Å². The summed E-state index contributed by atoms with van der Waals surface area (Å²) < 4.78 is 0. The molecular formula is C21H35N3O. The Balaban J connectivity index is 1.75. The maximum absolute atomic E-state index is 12.3. The van der Waals surface area contributed by atoms with Gasteiger partial charge in [0.2, 0.25) is 0 Å². The van der Waals surface area contributed by atoms with Crippen LogP contribution in [0.15, 0.2) is 24.3 Å². The largest absolute Gasteiger partial charge is 0.369 e. The van der Waals surface area contributed by atoms with Crippen LogP contribution in [-0.4, -0.2) is 49.6 Å². The number of likely N-dealkylation sites (tertiary alicyclic amines) is 1. The van der Waals surface area contributed by atoms with E-state index in [0.717, 1.165) is 31.6 Å². The van der Waals surface area contributed by atoms with Crippen LogP contribution in [0.4, 0.5) is 5.69 Å². The minimum atomic E-state index is 0.0370. The van der Waals surface area contributed by atoms with Crippen molar-refractivity contribution in [2.24, 2.45) is 0 Å². The van der Waals surface area contributed by atoms with Gasteiger partial charge in [0.1, 0.15) is 0 Å². The van der Waals surface area contributed by atoms with Crippen molar-refractivity contribution in [3.8, 4) is 0 Å². The van der Waals surface area contributed by atoms with Crippen molar-refractivity contribution in [1.82, 2.24) is 10.2 Å². The molecule has 1 saturated heterocycles. The van der Waals surface area contributed by atoms with E-state index in [4.69, 9.17) is 0 Å². The van der Waals surface area contributed by atoms with Gasteiger partial charge >= 0.3 is 0 Å². The molecule has 1 amide bonds. The van der Waals surface area contributed by atoms with Gasteiger partial charge in [-0.1, -0.05) is 12.8 Å². The van der Waals surface area contributed by atoms with Crippen LogP contribution in [0, 0.1) is 0 Å². The molecule has 1 aromatic carbocycles. The van der Waals surface area contributed by atoms with E-state index < -0.39 is 0 Å². The van der Waals surface area contributed by atoms with Crippen molar-refractivity contribution in [2.75, 3.05) is 37.6 Å². The number of hydrogen-bond acceptors (Lipinski definition) is 3. The molecule has 0 saturated carbocycles. The summed E-state index contributed by atoms with van der Waals surface area (Å²) in [5, 5.41) is 3.06. The fourth-order valence-corrected chi connectivity index (χ4v) is 3.62. The summed E-state index contributed by atoms with van der Waals surface area (Å²) >= 11 is 0. The molecule has 0 unspecified atom stereocenters. The summed E-state index contributed by atoms with van der Waals surface area (Å²) in [7, 11) is 0. The molecule has 2 rings (SSSR count). The lowest BCUT2D eigenvalue weighted by atomic mass is 10.1. The third-order valence-electron chi connectivity index (χ3n) is 5.06. The second kappa shape index (κ2) is 10.4. The molecule has 0 bridgehead atoms. The number of carbonyl (C=O) groups excluding carboxylic acids is 1. The highest BCUT2D eigenvalue weighted by Crippen LogP contribution is 2.17. The van der Waals surface area contributed by atoms with E-state index in [1.807, 2.05) is 12.1 Å². The zero-order valence-electron chi connectivity index (χ0n) is 16.3. The number of anilines is 1. The molecule has 0 aromatic heterocycles. The lowest BCUT2D eigenvalue weighted by Crippen LogP contribution is -2.31. The van der Waals surface area contributed by atoms with E-state index in [9.17, 15) is 4.79 Å². The second-order valence-electron chi connectivity index (χ2n) is 7.29. The molecule has 1 N–H and O–H groups in total. The molecule has 0 spiro atoms. The van der Waals surface area contributed by atoms with Crippen LogP contribution >= 0.6 is 0 Å². The Morgan fingerprint density at radius 2 is 1.76 bits per heavy atom. The lowest BCUT2D eigenvalue weighted by Gasteiger charge is -2.27. The van der Waals surface area contributed by atoms with Crippen molar-refractivity contribution >= 4 is 11.6 Å². The molecule has 1 heterocycles. The predicted molar refractivity (Wildman–Crippen MR) is 106 cm³/mol. The van der Waals surface area contributed by atoms with Crippen molar-refractivity contribution < 1.29 is 4.79 Å². The Morgan fingerprint density at radius 1 is 1.12 bits per heavy atom. The smallest absolute Gasteiger partial charge is 0.251 e. The molecule has 1 fully saturated rings. The zero-order chi connectivity index (χ0) is 18.1. The summed E-state index contributed by atoms with van der Waals surface area (Å²) in [5.74, 6) is 0.0370. The van der Waals surface area contributed by atoms with Gasteiger partial charge in [-0.3, -0.25) is 4.79 Å². The zero-order valence-corrected chi connectivity index (χ0v) is 16.3. The first-order valence-electron chi connectivity index (χ1n) is 9.99. The van der Waals surface area contributed by atoms with Gasteiger partial charge in [0, 0.05) is 30.4 Å². The number of rotatable bonds is 8. The minimum Gasteiger partial charge on any atom is -0.369 e. The van der Waals surface area contributed by atoms with E-state index in [0.29, 0.717) is 6.04 Å². The second-order valence-corrected chi connectivity index (χ2v) is 7.29. The van der Waals surface area contributed by atoms with Crippen molar-refractivity contribution in [3.05, 3.63) is 29.8 Å². The minimum absolute atomic E-state index is 0.0370. The number of nitrogens with zero attached hydrogens (tertiary/aromatic N) is 2. The van der Waals surface area contributed by atoms with Crippen LogP contribution in [0.5, 0.6) is 0 Å². The fourth-order valence-electron chi connectivity index (χ4n) is 3.62. The van der Waals surface area contributed by atoms with Crippen LogP contribution in [0.3, 0.4) is 0 Å². The van der Waals surface area contributed by atoms with Crippen LogP contribution in [0.2, 0.25) is 0 Å². The Hall–Kier alpha value is -1.55. The Labute approximate surface area is 153 Å². The first-order chi connectivity index (χ1) is 12.1. The number of benzene rings is 1. The van der Waals surface area contributed by atoms with Crippen molar-refractivity contribution in [2.45, 2.75) is 58.9 Å². The molecule has 1 aliphatic rings. The van der Waals surface area contributed by atoms with Gasteiger partial charge in [0.25, 0.3) is 5.91 Å². The van der Waals surface area contributed by atoms with E-state index >= 15 is 0 Å². The Bertz CT molecular complexity index is 504. The van der Waals surface area contributed by atoms with Gasteiger partial charge in [0.15, 0.2) is 0 Å². The van der Waals surface area contributed by atoms with Crippen LogP contribution in [0.1, 0.15) is 63.2 Å². The number of amides is 1. The molecule has 0 aliphatic carbocycles. The Morgan fingerprint density at radius 3 is 2.32 bits per heavy atom. The molecule has 1 aromatic rings. The highest BCUT2D eigenvalue weighted by atomic mass is 16.1. The quantitative estimate of drug-likeness (QED) is 0.726. The maximum Gasteiger partial charge on any atom is 0.251 e. The van der Waals surface area contributed by atoms with E-state index in [2.05, 4.69) is 48.0 Å². The van der Waals surface area contributed by atoms with Crippen molar-refractivity contribution in [1.29, 1.82) is 0 Å². The average Bonchev–Trinajstić information content (AvgIpc) is 2.88. The Kier molecular flexibility index (Phi) is 8.26. The lowest BCUT2D eigenvalue weighted by molar-refractivity contribution is 0.0951. The van der Waals surface area contributed by atoms with E-state index in [1.165, 1.54) is 44.5 Å². The van der Waals surface area contributed by atoms with Gasteiger partial charge < -0.3 is 15.1 Å². The third-order valence-corrected chi connectivity index (χ3v) is 5.06. The maximum atomic E-state index is 12.3. The molecule has 25 heavy (non-hydrogen) atoms. The first-order valence-corrected chi connectivity index (χ1v) is 9.99. The monoisotopic (exact) mass is 345 g/mol. The van der Waals surface area contributed by atoms with Crippen LogP contribution in [-0.2, 0) is 0 Å². The van der Waals surface area contributed by atoms with Gasteiger partial charge in [-0.15, -0.1) is 0 Å². The summed E-state index contributed by atoms with van der Waals surface area (Å²) in [4.78, 5) is 17.2. The first kappa shape index (κ1) is 19.8. The number of hydrogen-bond donors (Lipinski definition) is 1. The van der Waals surface area contributed by atoms with E-state index in [-0.39, 0.29) is 5.91 Å². The normalized spacial score (nSPS) is 15.8. The third kappa shape index (κ3) is 6.35. The van der Waals surface area contributed by atoms with Gasteiger partial charge in [-0.05, 0) is 83.9 Å². The van der Waals surface area contributed by atoms with Crippen molar-refractivity contribution in [3.63, 3.8) is 0 Å². The highest BCUT2D eigenvalue weighted by Gasteiger charge is 2.11. The number of carbonyl (C=O) groups is 1. The molecular weight excluding hydrogens is 310 g/mol. The summed E-state index contributed by atoms with van der Waals surface area (Å²) in [6.07, 6.45) is 6.42. The topological polar surface area (TPSA) is 35.6 Å². The predicted octanol–water partition coefficient (Wildman–Crippen LogP) is 3.92. The molecule has 1 aliphatic heterocycles. The molecule has 140 valence electrons. The van der Waals surface area contributed by atoms with Crippen LogP contribution < -0.4 is 10.2 Å². The van der Waals surface area contributed by atoms with Crippen LogP contribution in [0.25, 0.3) is 0 Å². The molecule has 4 heteroatoms. The van der Waals surface area contributed by atoms with Gasteiger partial charge in [-0.2, -0.15) is 0 Å². The molecule has 0 atom stereocenters. The standard InChI is InChI=1S/C21H35N3O/c1-4-24(18(2)3)20-12-10-19(11-13-20)21(25)22-14-9-17-23-15-7-5-6-8-16-23/h10-13,18H,4-9,14-17H2,1-3H3,(H,22,25). The highest BCUT2D eigenvalue weighted by molar-refractivity contribution is 5.94. The fraction of sp³-hybridized carbons (Fsp3) is 0.667. The molecule has 4 nitrogen and oxygen atoms in total. The summed E-state index contributed by atoms with van der Waals surface area (Å²) in [6.45, 7) is 11.8. The average molecular weight is 346 g/mol. The van der Waals surface area contributed by atoms with Gasteiger partial charge in [0.05, 0.1) is 0 Å². The molecule has 0 radical (unpaired) electrons. The van der Waals surface area contributed by atoms with Gasteiger partial charge in [-0.25, -0.2) is 0 Å². The summed E-state index contributed by atoms with van der Waals surface area (Å²) in [6, 6.07) is 8.43. The number of nitrogens with one attached hydrogen (secondary N) is 1.